The van der Waals surface area contributed by atoms with Crippen LogP contribution in [0.25, 0.3) is 0 Å². The van der Waals surface area contributed by atoms with Gasteiger partial charge >= 0.3 is 0 Å². The molecule has 2 aliphatic heterocycles. The van der Waals surface area contributed by atoms with Gasteiger partial charge in [0.15, 0.2) is 0 Å². The van der Waals surface area contributed by atoms with Gasteiger partial charge in [-0.15, -0.1) is 0 Å². The largest absolute Gasteiger partial charge is 0.395 e. The van der Waals surface area contributed by atoms with Gasteiger partial charge in [0.25, 0.3) is 0 Å². The van der Waals surface area contributed by atoms with Gasteiger partial charge in [-0.1, -0.05) is 6.42 Å². The lowest BCUT2D eigenvalue weighted by molar-refractivity contribution is 0.0183. The van der Waals surface area contributed by atoms with E-state index in [1.165, 1.54) is 0 Å². The predicted molar refractivity (Wildman–Crippen MR) is 47.2 cm³/mol. The van der Waals surface area contributed by atoms with Gasteiger partial charge in [0, 0.05) is 6.04 Å². The third-order valence-corrected chi connectivity index (χ3v) is 3.34. The van der Waals surface area contributed by atoms with Gasteiger partial charge in [-0.3, -0.25) is 4.90 Å². The summed E-state index contributed by atoms with van der Waals surface area (Å²) in [7, 11) is 0. The molecule has 3 N–H and O–H groups in total. The van der Waals surface area contributed by atoms with Crippen molar-refractivity contribution in [2.45, 2.75) is 43.6 Å². The smallest absolute Gasteiger partial charge is 0.0991 e. The summed E-state index contributed by atoms with van der Waals surface area (Å²) < 4.78 is 0. The van der Waals surface area contributed by atoms with Gasteiger partial charge in [-0.25, -0.2) is 0 Å². The minimum absolute atomic E-state index is 0.0608. The molecule has 0 spiro atoms. The molecule has 0 amide bonds. The number of aliphatic hydroxyl groups excluding tert-OH is 3. The molecule has 2 fully saturated rings. The number of rotatable bonds is 1. The Labute approximate surface area is 77.8 Å². The van der Waals surface area contributed by atoms with Gasteiger partial charge in [-0.05, 0) is 19.4 Å². The highest BCUT2D eigenvalue weighted by molar-refractivity contribution is 5.01. The maximum Gasteiger partial charge on any atom is 0.0991 e. The third kappa shape index (κ3) is 1.38. The van der Waals surface area contributed by atoms with Crippen LogP contribution in [0.4, 0.5) is 0 Å². The fourth-order valence-corrected chi connectivity index (χ4v) is 2.62. The van der Waals surface area contributed by atoms with Crippen molar-refractivity contribution in [3.63, 3.8) is 0 Å². The monoisotopic (exact) mass is 187 g/mol. The lowest BCUT2D eigenvalue weighted by Crippen LogP contribution is -2.44. The van der Waals surface area contributed by atoms with Crippen molar-refractivity contribution in [2.75, 3.05) is 13.2 Å². The van der Waals surface area contributed by atoms with E-state index in [4.69, 9.17) is 5.11 Å². The molecule has 2 aliphatic rings. The number of fused-ring (bicyclic) bond motifs is 1. The van der Waals surface area contributed by atoms with Crippen molar-refractivity contribution in [2.24, 2.45) is 0 Å². The van der Waals surface area contributed by atoms with Crippen molar-refractivity contribution in [1.82, 2.24) is 4.90 Å². The van der Waals surface area contributed by atoms with Crippen LogP contribution in [0.2, 0.25) is 0 Å². The van der Waals surface area contributed by atoms with Gasteiger partial charge < -0.3 is 15.3 Å². The Balaban J connectivity index is 2.14. The number of hydrogen-bond donors (Lipinski definition) is 3. The van der Waals surface area contributed by atoms with Crippen LogP contribution < -0.4 is 0 Å². The fourth-order valence-electron chi connectivity index (χ4n) is 2.62. The SMILES string of the molecule is OCC1[C@@H](O)[C@H](O)C2CCCCN12. The van der Waals surface area contributed by atoms with Crippen molar-refractivity contribution in [3.8, 4) is 0 Å². The normalized spacial score (nSPS) is 46.4. The van der Waals surface area contributed by atoms with E-state index in [-0.39, 0.29) is 18.7 Å². The molecule has 0 radical (unpaired) electrons. The van der Waals surface area contributed by atoms with Gasteiger partial charge in [0.05, 0.1) is 24.9 Å². The molecule has 2 unspecified atom stereocenters. The number of nitrogens with zero attached hydrogens (tertiary/aromatic N) is 1. The van der Waals surface area contributed by atoms with E-state index in [9.17, 15) is 10.2 Å². The minimum Gasteiger partial charge on any atom is -0.395 e. The molecule has 76 valence electrons. The maximum absolute atomic E-state index is 9.69. The van der Waals surface area contributed by atoms with Gasteiger partial charge in [0.2, 0.25) is 0 Å². The summed E-state index contributed by atoms with van der Waals surface area (Å²) in [6.45, 7) is 0.832. The van der Waals surface area contributed by atoms with Gasteiger partial charge in [0.1, 0.15) is 0 Å². The highest BCUT2D eigenvalue weighted by Gasteiger charge is 2.47. The average Bonchev–Trinajstić information content (AvgIpc) is 2.41. The molecule has 0 aromatic rings. The molecule has 2 saturated heterocycles. The summed E-state index contributed by atoms with van der Waals surface area (Å²) in [5.74, 6) is 0. The highest BCUT2D eigenvalue weighted by atomic mass is 16.3. The molecule has 0 bridgehead atoms. The number of aliphatic hydroxyl groups is 3. The number of piperidine rings is 1. The molecule has 0 aliphatic carbocycles. The first kappa shape index (κ1) is 9.40. The molecule has 0 aromatic carbocycles. The fraction of sp³-hybridized carbons (Fsp3) is 1.00. The van der Waals surface area contributed by atoms with Gasteiger partial charge in [-0.2, -0.15) is 0 Å². The van der Waals surface area contributed by atoms with Crippen LogP contribution in [0, 0.1) is 0 Å². The first-order valence-corrected chi connectivity index (χ1v) is 4.98. The topological polar surface area (TPSA) is 63.9 Å². The molecule has 4 nitrogen and oxygen atoms in total. The summed E-state index contributed by atoms with van der Waals surface area (Å²) in [6.07, 6.45) is 1.72. The van der Waals surface area contributed by atoms with Crippen LogP contribution in [0.15, 0.2) is 0 Å². The van der Waals surface area contributed by atoms with Crippen LogP contribution in [0.3, 0.4) is 0 Å². The second-order valence-corrected chi connectivity index (χ2v) is 4.03. The Morgan fingerprint density at radius 2 is 1.92 bits per heavy atom. The van der Waals surface area contributed by atoms with Crippen molar-refractivity contribution in [3.05, 3.63) is 0 Å². The second-order valence-electron chi connectivity index (χ2n) is 4.03. The zero-order valence-electron chi connectivity index (χ0n) is 7.63. The summed E-state index contributed by atoms with van der Waals surface area (Å²) in [4.78, 5) is 2.05. The molecule has 2 rings (SSSR count). The Morgan fingerprint density at radius 3 is 2.62 bits per heavy atom. The standard InChI is InChI=1S/C9H17NO3/c11-5-7-9(13)8(12)6-3-1-2-4-10(6)7/h6-9,11-13H,1-5H2/t6?,7?,8-,9-/m1/s1. The van der Waals surface area contributed by atoms with E-state index in [1.807, 2.05) is 0 Å². The second kappa shape index (κ2) is 3.53. The zero-order chi connectivity index (χ0) is 9.42. The Morgan fingerprint density at radius 1 is 1.15 bits per heavy atom. The first-order valence-electron chi connectivity index (χ1n) is 4.98. The Bertz CT molecular complexity index is 178. The average molecular weight is 187 g/mol. The van der Waals surface area contributed by atoms with E-state index in [0.717, 1.165) is 25.8 Å². The minimum atomic E-state index is -0.770. The lowest BCUT2D eigenvalue weighted by Gasteiger charge is -2.33. The summed E-state index contributed by atoms with van der Waals surface area (Å²) in [5.41, 5.74) is 0. The quantitative estimate of drug-likeness (QED) is 0.489. The predicted octanol–water partition coefficient (Wildman–Crippen LogP) is -1.06. The van der Waals surface area contributed by atoms with E-state index in [1.54, 1.807) is 0 Å². The van der Waals surface area contributed by atoms with Crippen LogP contribution in [-0.4, -0.2) is 57.7 Å². The molecular weight excluding hydrogens is 170 g/mol. The van der Waals surface area contributed by atoms with Crippen molar-refractivity contribution < 1.29 is 15.3 Å². The van der Waals surface area contributed by atoms with Crippen LogP contribution >= 0.6 is 0 Å². The maximum atomic E-state index is 9.69. The van der Waals surface area contributed by atoms with Crippen LogP contribution in [-0.2, 0) is 0 Å². The molecule has 13 heavy (non-hydrogen) atoms. The Hall–Kier alpha value is -0.160. The van der Waals surface area contributed by atoms with E-state index in [0.29, 0.717) is 0 Å². The number of hydrogen-bond acceptors (Lipinski definition) is 4. The summed E-state index contributed by atoms with van der Waals surface area (Å²) in [6, 6.07) is -0.179. The lowest BCUT2D eigenvalue weighted by atomic mass is 10.0. The first-order chi connectivity index (χ1) is 6.25. The summed E-state index contributed by atoms with van der Waals surface area (Å²) in [5, 5.41) is 28.4. The highest BCUT2D eigenvalue weighted by Crippen LogP contribution is 2.31. The summed E-state index contributed by atoms with van der Waals surface area (Å²) >= 11 is 0. The van der Waals surface area contributed by atoms with Crippen LogP contribution in [0.5, 0.6) is 0 Å². The molecule has 4 heteroatoms. The molecule has 0 aromatic heterocycles. The van der Waals surface area contributed by atoms with E-state index in [2.05, 4.69) is 4.90 Å². The van der Waals surface area contributed by atoms with E-state index < -0.39 is 12.2 Å². The van der Waals surface area contributed by atoms with Crippen molar-refractivity contribution >= 4 is 0 Å². The Kier molecular flexibility index (Phi) is 2.55. The van der Waals surface area contributed by atoms with Crippen molar-refractivity contribution in [1.29, 1.82) is 0 Å². The van der Waals surface area contributed by atoms with Crippen LogP contribution in [0.1, 0.15) is 19.3 Å². The molecule has 4 atom stereocenters. The third-order valence-electron chi connectivity index (χ3n) is 3.34. The zero-order valence-corrected chi connectivity index (χ0v) is 7.63. The van der Waals surface area contributed by atoms with E-state index >= 15 is 0 Å². The molecule has 0 saturated carbocycles. The molecule has 2 heterocycles. The molecular formula is C9H17NO3.